The minimum Gasteiger partial charge on any atom is -0.469 e. The molecule has 0 aliphatic carbocycles. The van der Waals surface area contributed by atoms with Crippen LogP contribution in [0.3, 0.4) is 0 Å². The Labute approximate surface area is 121 Å². The quantitative estimate of drug-likeness (QED) is 0.472. The molecule has 0 saturated carbocycles. The van der Waals surface area contributed by atoms with Crippen molar-refractivity contribution in [1.82, 2.24) is 10.2 Å². The molecular weight excluding hydrogens is 250 g/mol. The molecule has 0 saturated heterocycles. The van der Waals surface area contributed by atoms with Crippen LogP contribution in [-0.4, -0.2) is 37.5 Å². The molecule has 4 nitrogen and oxygen atoms in total. The number of nitrogens with one attached hydrogen (secondary N) is 1. The second kappa shape index (κ2) is 8.25. The van der Waals surface area contributed by atoms with E-state index < -0.39 is 0 Å². The second-order valence-electron chi connectivity index (χ2n) is 5.17. The standard InChI is InChI=1S/C16H25N3O/c1-13(2)11-18-16(19(5)12-14(3)4)17-9-8-15-7-6-10-20-15/h6-7,10H,1,3,8-9,11-12H2,2,4-5H3,(H,17,18). The van der Waals surface area contributed by atoms with Crippen molar-refractivity contribution in [3.63, 3.8) is 0 Å². The van der Waals surface area contributed by atoms with Gasteiger partial charge in [0.2, 0.25) is 0 Å². The van der Waals surface area contributed by atoms with E-state index in [4.69, 9.17) is 4.42 Å². The van der Waals surface area contributed by atoms with Gasteiger partial charge in [0.25, 0.3) is 0 Å². The van der Waals surface area contributed by atoms with Gasteiger partial charge in [0, 0.05) is 26.6 Å². The third kappa shape index (κ3) is 6.27. The fourth-order valence-electron chi connectivity index (χ4n) is 1.75. The zero-order valence-corrected chi connectivity index (χ0v) is 12.8. The van der Waals surface area contributed by atoms with Crippen LogP contribution in [0.4, 0.5) is 0 Å². The zero-order chi connectivity index (χ0) is 15.0. The Morgan fingerprint density at radius 1 is 1.35 bits per heavy atom. The molecule has 0 aromatic carbocycles. The lowest BCUT2D eigenvalue weighted by atomic mass is 10.3. The SMILES string of the molecule is C=C(C)CN=C(NCCc1ccco1)N(C)CC(=C)C. The van der Waals surface area contributed by atoms with Crippen molar-refractivity contribution in [3.05, 3.63) is 48.5 Å². The highest BCUT2D eigenvalue weighted by molar-refractivity contribution is 5.80. The smallest absolute Gasteiger partial charge is 0.194 e. The van der Waals surface area contributed by atoms with Crippen molar-refractivity contribution < 1.29 is 4.42 Å². The van der Waals surface area contributed by atoms with Gasteiger partial charge >= 0.3 is 0 Å². The molecule has 0 unspecified atom stereocenters. The summed E-state index contributed by atoms with van der Waals surface area (Å²) in [6, 6.07) is 3.88. The highest BCUT2D eigenvalue weighted by Crippen LogP contribution is 2.00. The van der Waals surface area contributed by atoms with Crippen molar-refractivity contribution in [2.24, 2.45) is 4.99 Å². The molecule has 0 bridgehead atoms. The number of hydrogen-bond acceptors (Lipinski definition) is 2. The summed E-state index contributed by atoms with van der Waals surface area (Å²) < 4.78 is 5.32. The Morgan fingerprint density at radius 2 is 2.10 bits per heavy atom. The van der Waals surface area contributed by atoms with E-state index >= 15 is 0 Å². The normalized spacial score (nSPS) is 11.2. The molecule has 20 heavy (non-hydrogen) atoms. The van der Waals surface area contributed by atoms with Gasteiger partial charge in [-0.25, -0.2) is 4.99 Å². The Hall–Kier alpha value is -1.97. The first-order valence-electron chi connectivity index (χ1n) is 6.79. The molecule has 1 aromatic heterocycles. The Balaban J connectivity index is 2.55. The van der Waals surface area contributed by atoms with Crippen molar-refractivity contribution in [3.8, 4) is 0 Å². The van der Waals surface area contributed by atoms with Crippen LogP contribution in [0, 0.1) is 0 Å². The fraction of sp³-hybridized carbons (Fsp3) is 0.438. The summed E-state index contributed by atoms with van der Waals surface area (Å²) in [4.78, 5) is 6.62. The first-order valence-corrected chi connectivity index (χ1v) is 6.79. The van der Waals surface area contributed by atoms with E-state index in [1.807, 2.05) is 33.0 Å². The molecule has 0 atom stereocenters. The summed E-state index contributed by atoms with van der Waals surface area (Å²) in [5.41, 5.74) is 2.14. The Bertz CT molecular complexity index is 460. The van der Waals surface area contributed by atoms with E-state index in [2.05, 4.69) is 28.4 Å². The third-order valence-electron chi connectivity index (χ3n) is 2.60. The third-order valence-corrected chi connectivity index (χ3v) is 2.60. The molecule has 0 amide bonds. The summed E-state index contributed by atoms with van der Waals surface area (Å²) in [5, 5.41) is 3.35. The van der Waals surface area contributed by atoms with Crippen LogP contribution in [0.2, 0.25) is 0 Å². The molecule has 1 heterocycles. The molecule has 1 rings (SSSR count). The molecule has 0 aliphatic heterocycles. The molecule has 4 heteroatoms. The van der Waals surface area contributed by atoms with Gasteiger partial charge < -0.3 is 14.6 Å². The van der Waals surface area contributed by atoms with Gasteiger partial charge in [-0.2, -0.15) is 0 Å². The van der Waals surface area contributed by atoms with E-state index in [0.717, 1.165) is 42.4 Å². The molecule has 0 radical (unpaired) electrons. The van der Waals surface area contributed by atoms with Crippen molar-refractivity contribution >= 4 is 5.96 Å². The van der Waals surface area contributed by atoms with E-state index in [1.165, 1.54) is 0 Å². The van der Waals surface area contributed by atoms with Crippen molar-refractivity contribution in [2.75, 3.05) is 26.7 Å². The molecule has 1 N–H and O–H groups in total. The van der Waals surface area contributed by atoms with Crippen LogP contribution in [0.25, 0.3) is 0 Å². The number of furan rings is 1. The summed E-state index contributed by atoms with van der Waals surface area (Å²) in [6.45, 7) is 14.0. The van der Waals surface area contributed by atoms with Crippen LogP contribution in [0.15, 0.2) is 52.1 Å². The molecule has 110 valence electrons. The molecule has 0 aliphatic rings. The van der Waals surface area contributed by atoms with Gasteiger partial charge in [0.05, 0.1) is 12.8 Å². The maximum absolute atomic E-state index is 5.32. The van der Waals surface area contributed by atoms with E-state index in [-0.39, 0.29) is 0 Å². The van der Waals surface area contributed by atoms with Crippen LogP contribution >= 0.6 is 0 Å². The van der Waals surface area contributed by atoms with E-state index in [9.17, 15) is 0 Å². The van der Waals surface area contributed by atoms with Gasteiger partial charge in [-0.05, 0) is 26.0 Å². The topological polar surface area (TPSA) is 40.8 Å². The summed E-state index contributed by atoms with van der Waals surface area (Å²) >= 11 is 0. The average molecular weight is 275 g/mol. The summed E-state index contributed by atoms with van der Waals surface area (Å²) in [5.74, 6) is 1.84. The monoisotopic (exact) mass is 275 g/mol. The lowest BCUT2D eigenvalue weighted by Crippen LogP contribution is -2.40. The minimum absolute atomic E-state index is 0.629. The number of rotatable bonds is 7. The number of guanidine groups is 1. The van der Waals surface area contributed by atoms with E-state index in [0.29, 0.717) is 6.54 Å². The predicted octanol–water partition coefficient (Wildman–Crippen LogP) is 2.85. The lowest BCUT2D eigenvalue weighted by Gasteiger charge is -2.22. The Kier molecular flexibility index (Phi) is 6.64. The number of likely N-dealkylation sites (N-methyl/N-ethyl adjacent to an activating group) is 1. The van der Waals surface area contributed by atoms with Crippen molar-refractivity contribution in [1.29, 1.82) is 0 Å². The van der Waals surface area contributed by atoms with Gasteiger partial charge in [-0.15, -0.1) is 0 Å². The van der Waals surface area contributed by atoms with Gasteiger partial charge in [-0.1, -0.05) is 24.3 Å². The molecule has 0 fully saturated rings. The number of aliphatic imine (C=N–C) groups is 1. The summed E-state index contributed by atoms with van der Waals surface area (Å²) in [7, 11) is 2.01. The largest absolute Gasteiger partial charge is 0.469 e. The zero-order valence-electron chi connectivity index (χ0n) is 12.8. The van der Waals surface area contributed by atoms with E-state index in [1.54, 1.807) is 6.26 Å². The highest BCUT2D eigenvalue weighted by atomic mass is 16.3. The number of hydrogen-bond donors (Lipinski definition) is 1. The average Bonchev–Trinajstić information content (AvgIpc) is 2.85. The predicted molar refractivity (Wildman–Crippen MR) is 85.0 cm³/mol. The molecular formula is C16H25N3O. The van der Waals surface area contributed by atoms with Crippen LogP contribution < -0.4 is 5.32 Å². The van der Waals surface area contributed by atoms with Gasteiger partial charge in [-0.3, -0.25) is 0 Å². The van der Waals surface area contributed by atoms with Gasteiger partial charge in [0.1, 0.15) is 5.76 Å². The number of nitrogens with zero attached hydrogens (tertiary/aromatic N) is 2. The van der Waals surface area contributed by atoms with Crippen molar-refractivity contribution in [2.45, 2.75) is 20.3 Å². The molecule has 1 aromatic rings. The van der Waals surface area contributed by atoms with Crippen LogP contribution in [0.1, 0.15) is 19.6 Å². The van der Waals surface area contributed by atoms with Crippen LogP contribution in [-0.2, 0) is 6.42 Å². The first kappa shape index (κ1) is 16.1. The summed E-state index contributed by atoms with van der Waals surface area (Å²) in [6.07, 6.45) is 2.53. The molecule has 0 spiro atoms. The fourth-order valence-corrected chi connectivity index (χ4v) is 1.75. The minimum atomic E-state index is 0.629. The second-order valence-corrected chi connectivity index (χ2v) is 5.17. The maximum Gasteiger partial charge on any atom is 0.194 e. The maximum atomic E-state index is 5.32. The Morgan fingerprint density at radius 3 is 2.65 bits per heavy atom. The lowest BCUT2D eigenvalue weighted by molar-refractivity contribution is 0.494. The highest BCUT2D eigenvalue weighted by Gasteiger charge is 2.06. The van der Waals surface area contributed by atoms with Gasteiger partial charge in [0.15, 0.2) is 5.96 Å². The van der Waals surface area contributed by atoms with Crippen LogP contribution in [0.5, 0.6) is 0 Å². The first-order chi connectivity index (χ1) is 9.49.